The van der Waals surface area contributed by atoms with Crippen LogP contribution in [0.1, 0.15) is 110 Å². The van der Waals surface area contributed by atoms with Crippen molar-refractivity contribution in [3.63, 3.8) is 0 Å². The molecule has 0 atom stereocenters. The molecular weight excluding hydrogens is 342 g/mol. The van der Waals surface area contributed by atoms with E-state index in [1.165, 1.54) is 127 Å². The van der Waals surface area contributed by atoms with E-state index in [1.54, 1.807) is 0 Å². The second kappa shape index (κ2) is 17.6. The maximum atomic E-state index is 4.21. The maximum Gasteiger partial charge on any atom is 0.0742 e. The molecule has 0 amide bonds. The van der Waals surface area contributed by atoms with Crippen LogP contribution < -0.4 is 0 Å². The van der Waals surface area contributed by atoms with Crippen molar-refractivity contribution >= 4 is 21.6 Å². The first-order chi connectivity index (χ1) is 12.3. The van der Waals surface area contributed by atoms with E-state index in [0.717, 1.165) is 0 Å². The third-order valence-electron chi connectivity index (χ3n) is 5.20. The first-order valence-corrected chi connectivity index (χ1v) is 13.4. The predicted molar refractivity (Wildman–Crippen MR) is 120 cm³/mol. The topological polar surface area (TPSA) is 3.24 Å². The molecule has 0 aromatic heterocycles. The highest BCUT2D eigenvalue weighted by Crippen LogP contribution is 2.33. The summed E-state index contributed by atoms with van der Waals surface area (Å²) < 4.78 is 0. The highest BCUT2D eigenvalue weighted by molar-refractivity contribution is 8.78. The van der Waals surface area contributed by atoms with Crippen LogP contribution in [0.5, 0.6) is 0 Å². The van der Waals surface area contributed by atoms with Gasteiger partial charge in [-0.05, 0) is 30.1 Å². The smallest absolute Gasteiger partial charge is 0.0742 e. The summed E-state index contributed by atoms with van der Waals surface area (Å²) in [6.45, 7) is 8.96. The Hall–Kier alpha value is 0.240. The zero-order valence-electron chi connectivity index (χ0n) is 16.9. The van der Waals surface area contributed by atoms with Crippen LogP contribution in [0.15, 0.2) is 11.6 Å². The molecule has 1 heterocycles. The molecule has 1 aliphatic rings. The van der Waals surface area contributed by atoms with Gasteiger partial charge < -0.3 is 4.90 Å². The second-order valence-electron chi connectivity index (χ2n) is 7.59. The minimum absolute atomic E-state index is 1.23. The van der Waals surface area contributed by atoms with Gasteiger partial charge in [-0.3, -0.25) is 0 Å². The van der Waals surface area contributed by atoms with Crippen LogP contribution in [-0.4, -0.2) is 23.7 Å². The average Bonchev–Trinajstić information content (AvgIpc) is 3.16. The number of rotatable bonds is 18. The molecule has 1 rings (SSSR count). The second-order valence-corrected chi connectivity index (χ2v) is 10.1. The molecule has 1 saturated heterocycles. The number of unbranched alkanes of at least 4 members (excludes halogenated alkanes) is 13. The third-order valence-corrected chi connectivity index (χ3v) is 7.65. The summed E-state index contributed by atoms with van der Waals surface area (Å²) in [5.41, 5.74) is 0. The molecule has 0 saturated carbocycles. The quantitative estimate of drug-likeness (QED) is 0.172. The molecule has 25 heavy (non-hydrogen) atoms. The van der Waals surface area contributed by atoms with Gasteiger partial charge >= 0.3 is 0 Å². The van der Waals surface area contributed by atoms with Crippen molar-refractivity contribution < 1.29 is 0 Å². The Morgan fingerprint density at radius 2 is 1.16 bits per heavy atom. The van der Waals surface area contributed by atoms with Gasteiger partial charge in [-0.1, -0.05) is 108 Å². The lowest BCUT2D eigenvalue weighted by molar-refractivity contribution is 0.459. The van der Waals surface area contributed by atoms with E-state index in [1.807, 2.05) is 21.6 Å². The Labute approximate surface area is 166 Å². The van der Waals surface area contributed by atoms with Crippen LogP contribution in [0.3, 0.4) is 0 Å². The van der Waals surface area contributed by atoms with E-state index in [-0.39, 0.29) is 0 Å². The molecule has 3 heteroatoms. The molecule has 0 unspecified atom stereocenters. The molecule has 0 spiro atoms. The molecule has 1 fully saturated rings. The van der Waals surface area contributed by atoms with Gasteiger partial charge in [0.15, 0.2) is 0 Å². The summed E-state index contributed by atoms with van der Waals surface area (Å²) >= 11 is 0. The minimum atomic E-state index is 1.23. The minimum Gasteiger partial charge on any atom is -0.366 e. The number of nitrogens with zero attached hydrogens (tertiary/aromatic N) is 1. The summed E-state index contributed by atoms with van der Waals surface area (Å²) in [6, 6.07) is 0. The summed E-state index contributed by atoms with van der Waals surface area (Å²) in [5, 5.41) is 1.29. The number of hydrogen-bond donors (Lipinski definition) is 0. The van der Waals surface area contributed by atoms with Crippen LogP contribution in [0.4, 0.5) is 0 Å². The summed E-state index contributed by atoms with van der Waals surface area (Å²) in [5.74, 6) is 1.29. The molecule has 0 N–H and O–H groups in total. The standard InChI is InChI=1S/C22H43NS2/c1-3-4-5-6-7-8-9-10-11-12-13-14-15-18-21-24-25-22(2)23-19-16-17-20-23/h2-21H2,1H3. The Morgan fingerprint density at radius 3 is 1.64 bits per heavy atom. The fraction of sp³-hybridized carbons (Fsp3) is 0.909. The molecular formula is C22H43NS2. The molecule has 0 bridgehead atoms. The Bertz CT molecular complexity index is 300. The van der Waals surface area contributed by atoms with E-state index < -0.39 is 0 Å². The highest BCUT2D eigenvalue weighted by atomic mass is 33.1. The van der Waals surface area contributed by atoms with Gasteiger partial charge in [0.25, 0.3) is 0 Å². The van der Waals surface area contributed by atoms with E-state index in [9.17, 15) is 0 Å². The van der Waals surface area contributed by atoms with E-state index in [4.69, 9.17) is 0 Å². The lowest BCUT2D eigenvalue weighted by atomic mass is 10.0. The van der Waals surface area contributed by atoms with Crippen molar-refractivity contribution in [2.75, 3.05) is 18.8 Å². The highest BCUT2D eigenvalue weighted by Gasteiger charge is 2.13. The molecule has 1 aliphatic heterocycles. The van der Waals surface area contributed by atoms with Crippen LogP contribution in [0.25, 0.3) is 0 Å². The van der Waals surface area contributed by atoms with Crippen molar-refractivity contribution in [1.82, 2.24) is 4.90 Å². The van der Waals surface area contributed by atoms with Gasteiger partial charge in [-0.25, -0.2) is 0 Å². The zero-order valence-corrected chi connectivity index (χ0v) is 18.5. The Balaban J connectivity index is 1.70. The summed E-state index contributed by atoms with van der Waals surface area (Å²) in [6.07, 6.45) is 22.9. The molecule has 148 valence electrons. The van der Waals surface area contributed by atoms with Gasteiger partial charge in [-0.2, -0.15) is 0 Å². The average molecular weight is 386 g/mol. The van der Waals surface area contributed by atoms with Crippen molar-refractivity contribution in [3.8, 4) is 0 Å². The lowest BCUT2D eigenvalue weighted by Gasteiger charge is -2.18. The van der Waals surface area contributed by atoms with Crippen LogP contribution in [0, 0.1) is 0 Å². The van der Waals surface area contributed by atoms with Crippen molar-refractivity contribution in [2.45, 2.75) is 110 Å². The summed E-state index contributed by atoms with van der Waals surface area (Å²) in [7, 11) is 3.92. The zero-order chi connectivity index (χ0) is 18.0. The fourth-order valence-electron chi connectivity index (χ4n) is 3.48. The van der Waals surface area contributed by atoms with E-state index >= 15 is 0 Å². The SMILES string of the molecule is C=C(SSCCCCCCCCCCCCCCCC)N1CCCC1. The predicted octanol–water partition coefficient (Wildman–Crippen LogP) is 8.42. The van der Waals surface area contributed by atoms with Crippen molar-refractivity contribution in [3.05, 3.63) is 11.6 Å². The maximum absolute atomic E-state index is 4.21. The van der Waals surface area contributed by atoms with Crippen LogP contribution >= 0.6 is 21.6 Å². The van der Waals surface area contributed by atoms with E-state index in [2.05, 4.69) is 18.4 Å². The normalized spacial score (nSPS) is 14.4. The van der Waals surface area contributed by atoms with Crippen molar-refractivity contribution in [2.24, 2.45) is 0 Å². The molecule has 1 nitrogen and oxygen atoms in total. The molecule has 0 aliphatic carbocycles. The van der Waals surface area contributed by atoms with E-state index in [0.29, 0.717) is 0 Å². The first-order valence-electron chi connectivity index (χ1n) is 11.1. The van der Waals surface area contributed by atoms with Gasteiger partial charge in [0.2, 0.25) is 0 Å². The number of likely N-dealkylation sites (tertiary alicyclic amines) is 1. The molecule has 0 aromatic carbocycles. The third kappa shape index (κ3) is 14.0. The van der Waals surface area contributed by atoms with Crippen LogP contribution in [-0.2, 0) is 0 Å². The Morgan fingerprint density at radius 1 is 0.720 bits per heavy atom. The van der Waals surface area contributed by atoms with Gasteiger partial charge in [0.05, 0.1) is 5.03 Å². The van der Waals surface area contributed by atoms with Crippen molar-refractivity contribution in [1.29, 1.82) is 0 Å². The first kappa shape index (κ1) is 23.3. The monoisotopic (exact) mass is 385 g/mol. The fourth-order valence-corrected chi connectivity index (χ4v) is 5.64. The largest absolute Gasteiger partial charge is 0.366 e. The van der Waals surface area contributed by atoms with Gasteiger partial charge in [0.1, 0.15) is 0 Å². The lowest BCUT2D eigenvalue weighted by Crippen LogP contribution is -2.14. The number of hydrogen-bond acceptors (Lipinski definition) is 3. The summed E-state index contributed by atoms with van der Waals surface area (Å²) in [4.78, 5) is 2.45. The molecule has 0 aromatic rings. The Kier molecular flexibility index (Phi) is 16.4. The van der Waals surface area contributed by atoms with Gasteiger partial charge in [-0.15, -0.1) is 0 Å². The molecule has 0 radical (unpaired) electrons. The van der Waals surface area contributed by atoms with Crippen LogP contribution in [0.2, 0.25) is 0 Å². The van der Waals surface area contributed by atoms with Gasteiger partial charge in [0, 0.05) is 18.8 Å².